The number of rotatable bonds is 2. The molecule has 0 fully saturated rings. The van der Waals surface area contributed by atoms with Gasteiger partial charge in [0.05, 0.1) is 23.7 Å². The smallest absolute Gasteiger partial charge is 0.344 e. The number of hydrogen-bond acceptors (Lipinski definition) is 5. The molecule has 82 valence electrons. The number of benzene rings is 1. The van der Waals surface area contributed by atoms with E-state index in [0.717, 1.165) is 13.2 Å². The van der Waals surface area contributed by atoms with Crippen molar-refractivity contribution in [2.75, 3.05) is 7.11 Å². The summed E-state index contributed by atoms with van der Waals surface area (Å²) >= 11 is 0. The number of nitrogens with zero attached hydrogens (tertiary/aromatic N) is 2. The first kappa shape index (κ1) is 11.7. The second-order valence-corrected chi connectivity index (χ2v) is 3.04. The van der Waals surface area contributed by atoms with E-state index in [-0.39, 0.29) is 11.1 Å². The molecule has 0 aliphatic carbocycles. The van der Waals surface area contributed by atoms with Crippen LogP contribution >= 0.6 is 0 Å². The van der Waals surface area contributed by atoms with Crippen LogP contribution in [0.25, 0.3) is 0 Å². The predicted molar refractivity (Wildman–Crippen MR) is 53.9 cm³/mol. The summed E-state index contributed by atoms with van der Waals surface area (Å²) in [6, 6.07) is 4.17. The summed E-state index contributed by atoms with van der Waals surface area (Å²) in [6.45, 7) is 1.59. The quantitative estimate of drug-likeness (QED) is 0.428. The number of nitriles is 1. The fourth-order valence-electron chi connectivity index (χ4n) is 1.24. The van der Waals surface area contributed by atoms with E-state index < -0.39 is 16.6 Å². The van der Waals surface area contributed by atoms with Crippen molar-refractivity contribution in [3.63, 3.8) is 0 Å². The number of nitro groups is 1. The molecule has 0 heterocycles. The maximum Gasteiger partial charge on any atom is 0.344 e. The van der Waals surface area contributed by atoms with Crippen molar-refractivity contribution in [1.82, 2.24) is 0 Å². The fourth-order valence-corrected chi connectivity index (χ4v) is 1.24. The number of aryl methyl sites for hydroxylation is 1. The maximum atomic E-state index is 11.3. The summed E-state index contributed by atoms with van der Waals surface area (Å²) in [7, 11) is 1.14. The summed E-state index contributed by atoms with van der Waals surface area (Å²) in [6.07, 6.45) is 0. The molecule has 0 aromatic heterocycles. The van der Waals surface area contributed by atoms with Crippen LogP contribution in [-0.2, 0) is 4.74 Å². The van der Waals surface area contributed by atoms with Gasteiger partial charge in [-0.15, -0.1) is 0 Å². The molecule has 0 spiro atoms. The van der Waals surface area contributed by atoms with E-state index in [0.29, 0.717) is 5.56 Å². The van der Waals surface area contributed by atoms with Gasteiger partial charge in [-0.25, -0.2) is 4.79 Å². The summed E-state index contributed by atoms with van der Waals surface area (Å²) in [5, 5.41) is 19.4. The lowest BCUT2D eigenvalue weighted by Gasteiger charge is -2.03. The number of carbonyl (C=O) groups excluding carboxylic acids is 1. The zero-order valence-electron chi connectivity index (χ0n) is 8.68. The number of ether oxygens (including phenoxy) is 1. The van der Waals surface area contributed by atoms with Crippen LogP contribution in [-0.4, -0.2) is 18.0 Å². The molecule has 0 atom stereocenters. The van der Waals surface area contributed by atoms with Gasteiger partial charge in [0, 0.05) is 6.07 Å². The highest BCUT2D eigenvalue weighted by Gasteiger charge is 2.22. The molecule has 0 aliphatic rings. The van der Waals surface area contributed by atoms with Gasteiger partial charge in [0.25, 0.3) is 5.69 Å². The van der Waals surface area contributed by atoms with Crippen molar-refractivity contribution in [2.24, 2.45) is 0 Å². The molecule has 0 bridgehead atoms. The first-order valence-electron chi connectivity index (χ1n) is 4.28. The zero-order valence-corrected chi connectivity index (χ0v) is 8.68. The summed E-state index contributed by atoms with van der Waals surface area (Å²) in [4.78, 5) is 21.3. The van der Waals surface area contributed by atoms with Crippen LogP contribution in [0.3, 0.4) is 0 Å². The molecular weight excluding hydrogens is 212 g/mol. The second-order valence-electron chi connectivity index (χ2n) is 3.04. The van der Waals surface area contributed by atoms with Gasteiger partial charge in [0.2, 0.25) is 0 Å². The lowest BCUT2D eigenvalue weighted by Crippen LogP contribution is -2.07. The van der Waals surface area contributed by atoms with Crippen molar-refractivity contribution < 1.29 is 14.5 Å². The van der Waals surface area contributed by atoms with E-state index >= 15 is 0 Å². The summed E-state index contributed by atoms with van der Waals surface area (Å²) in [5.41, 5.74) is 0.0888. The average molecular weight is 220 g/mol. The molecule has 6 nitrogen and oxygen atoms in total. The Labute approximate surface area is 91.2 Å². The van der Waals surface area contributed by atoms with Gasteiger partial charge in [-0.2, -0.15) is 5.26 Å². The highest BCUT2D eigenvalue weighted by Crippen LogP contribution is 2.23. The van der Waals surface area contributed by atoms with Crippen molar-refractivity contribution in [1.29, 1.82) is 5.26 Å². The molecule has 0 saturated heterocycles. The topological polar surface area (TPSA) is 93.2 Å². The van der Waals surface area contributed by atoms with E-state index in [1.54, 1.807) is 6.92 Å². The molecule has 1 aromatic carbocycles. The summed E-state index contributed by atoms with van der Waals surface area (Å²) < 4.78 is 4.43. The maximum absolute atomic E-state index is 11.3. The Morgan fingerprint density at radius 1 is 1.56 bits per heavy atom. The van der Waals surface area contributed by atoms with Crippen LogP contribution in [0.5, 0.6) is 0 Å². The zero-order chi connectivity index (χ0) is 12.3. The molecule has 0 radical (unpaired) electrons. The Morgan fingerprint density at radius 3 is 2.62 bits per heavy atom. The number of carbonyl (C=O) groups is 1. The molecule has 0 unspecified atom stereocenters. The second kappa shape index (κ2) is 4.40. The van der Waals surface area contributed by atoms with Gasteiger partial charge in [-0.3, -0.25) is 10.1 Å². The normalized spacial score (nSPS) is 9.31. The van der Waals surface area contributed by atoms with Gasteiger partial charge in [-0.1, -0.05) is 0 Å². The van der Waals surface area contributed by atoms with Crippen LogP contribution in [0.15, 0.2) is 12.1 Å². The van der Waals surface area contributed by atoms with Gasteiger partial charge >= 0.3 is 5.97 Å². The van der Waals surface area contributed by atoms with E-state index in [9.17, 15) is 14.9 Å². The fraction of sp³-hybridized carbons (Fsp3) is 0.200. The van der Waals surface area contributed by atoms with Crippen molar-refractivity contribution in [2.45, 2.75) is 6.92 Å². The van der Waals surface area contributed by atoms with Crippen LogP contribution in [0.4, 0.5) is 5.69 Å². The molecule has 1 aromatic rings. The number of hydrogen-bond donors (Lipinski definition) is 0. The Bertz CT molecular complexity index is 502. The third kappa shape index (κ3) is 1.98. The lowest BCUT2D eigenvalue weighted by atomic mass is 10.0. The van der Waals surface area contributed by atoms with E-state index in [1.807, 2.05) is 6.07 Å². The van der Waals surface area contributed by atoms with E-state index in [1.165, 1.54) is 6.07 Å². The molecule has 6 heteroatoms. The van der Waals surface area contributed by atoms with Gasteiger partial charge < -0.3 is 4.74 Å². The third-order valence-electron chi connectivity index (χ3n) is 2.07. The third-order valence-corrected chi connectivity index (χ3v) is 2.07. The molecule has 1 rings (SSSR count). The van der Waals surface area contributed by atoms with Crippen LogP contribution in [0.1, 0.15) is 21.5 Å². The number of methoxy groups -OCH3 is 1. The van der Waals surface area contributed by atoms with Crippen molar-refractivity contribution in [3.05, 3.63) is 38.9 Å². The molecule has 0 amide bonds. The molecule has 0 saturated carbocycles. The molecule has 16 heavy (non-hydrogen) atoms. The Morgan fingerprint density at radius 2 is 2.19 bits per heavy atom. The standard InChI is InChI=1S/C10H8N2O4/c1-6-3-8(10(13)16-2)9(12(14)15)4-7(6)5-11/h3-4H,1-2H3. The minimum Gasteiger partial charge on any atom is -0.465 e. The average Bonchev–Trinajstić information content (AvgIpc) is 2.27. The van der Waals surface area contributed by atoms with Gasteiger partial charge in [0.1, 0.15) is 5.56 Å². The van der Waals surface area contributed by atoms with E-state index in [2.05, 4.69) is 4.74 Å². The number of esters is 1. The predicted octanol–water partition coefficient (Wildman–Crippen LogP) is 1.56. The Kier molecular flexibility index (Phi) is 3.20. The minimum absolute atomic E-state index is 0.149. The van der Waals surface area contributed by atoms with Crippen LogP contribution in [0, 0.1) is 28.4 Å². The Hall–Kier alpha value is -2.42. The molecule has 0 N–H and O–H groups in total. The Balaban J connectivity index is 3.49. The molecule has 0 aliphatic heterocycles. The van der Waals surface area contributed by atoms with Crippen molar-refractivity contribution >= 4 is 11.7 Å². The van der Waals surface area contributed by atoms with E-state index in [4.69, 9.17) is 5.26 Å². The van der Waals surface area contributed by atoms with Crippen LogP contribution in [0.2, 0.25) is 0 Å². The number of nitro benzene ring substituents is 1. The van der Waals surface area contributed by atoms with Gasteiger partial charge in [-0.05, 0) is 18.6 Å². The molecular formula is C10H8N2O4. The van der Waals surface area contributed by atoms with Gasteiger partial charge in [0.15, 0.2) is 0 Å². The lowest BCUT2D eigenvalue weighted by molar-refractivity contribution is -0.385. The SMILES string of the molecule is COC(=O)c1cc(C)c(C#N)cc1[N+](=O)[O-]. The first-order valence-corrected chi connectivity index (χ1v) is 4.28. The van der Waals surface area contributed by atoms with Crippen molar-refractivity contribution in [3.8, 4) is 6.07 Å². The first-order chi connectivity index (χ1) is 7.51. The monoisotopic (exact) mass is 220 g/mol. The highest BCUT2D eigenvalue weighted by molar-refractivity contribution is 5.94. The largest absolute Gasteiger partial charge is 0.465 e. The minimum atomic E-state index is -0.792. The summed E-state index contributed by atoms with van der Waals surface area (Å²) in [5.74, 6) is -0.792. The van der Waals surface area contributed by atoms with Crippen LogP contribution < -0.4 is 0 Å². The highest BCUT2D eigenvalue weighted by atomic mass is 16.6.